The summed E-state index contributed by atoms with van der Waals surface area (Å²) in [6, 6.07) is 0. The van der Waals surface area contributed by atoms with Crippen LogP contribution < -0.4 is 5.73 Å². The average Bonchev–Trinajstić information content (AvgIpc) is 2.49. The van der Waals surface area contributed by atoms with Crippen molar-refractivity contribution in [3.05, 3.63) is 28.5 Å². The van der Waals surface area contributed by atoms with Crippen LogP contribution in [-0.4, -0.2) is 24.7 Å². The highest BCUT2D eigenvalue weighted by Crippen LogP contribution is 2.09. The third kappa shape index (κ3) is 2.30. The first-order valence-corrected chi connectivity index (χ1v) is 5.08. The number of nitrogens with zero attached hydrogens (tertiary/aromatic N) is 5. The monoisotopic (exact) mass is 268 g/mol. The number of hydrogen-bond donors (Lipinski definition) is 1. The molecule has 2 rings (SSSR count). The van der Waals surface area contributed by atoms with E-state index >= 15 is 0 Å². The summed E-state index contributed by atoms with van der Waals surface area (Å²) < 4.78 is 2.17. The van der Waals surface area contributed by atoms with Gasteiger partial charge in [0.1, 0.15) is 12.4 Å². The Kier molecular flexibility index (Phi) is 2.63. The molecule has 6 nitrogen and oxygen atoms in total. The molecule has 7 heteroatoms. The third-order valence-corrected chi connectivity index (χ3v) is 2.36. The van der Waals surface area contributed by atoms with E-state index in [-0.39, 0.29) is 5.95 Å². The highest BCUT2D eigenvalue weighted by molar-refractivity contribution is 9.10. The van der Waals surface area contributed by atoms with Crippen LogP contribution in [0.5, 0.6) is 0 Å². The molecule has 0 aliphatic carbocycles. The van der Waals surface area contributed by atoms with E-state index in [4.69, 9.17) is 5.73 Å². The number of nitrogen functional groups attached to an aromatic ring is 1. The fourth-order valence-electron chi connectivity index (χ4n) is 1.08. The van der Waals surface area contributed by atoms with Gasteiger partial charge in [-0.1, -0.05) is 0 Å². The summed E-state index contributed by atoms with van der Waals surface area (Å²) in [6.45, 7) is 2.39. The lowest BCUT2D eigenvalue weighted by Crippen LogP contribution is -2.06. The van der Waals surface area contributed by atoms with Gasteiger partial charge in [0.15, 0.2) is 4.73 Å². The number of hydrogen-bond acceptors (Lipinski definition) is 5. The summed E-state index contributed by atoms with van der Waals surface area (Å²) in [5.41, 5.74) is 6.47. The lowest BCUT2D eigenvalue weighted by Gasteiger charge is -2.00. The highest BCUT2D eigenvalue weighted by atomic mass is 79.9. The predicted molar refractivity (Wildman–Crippen MR) is 58.0 cm³/mol. The molecule has 0 spiro atoms. The second kappa shape index (κ2) is 3.93. The first-order valence-electron chi connectivity index (χ1n) is 4.28. The Morgan fingerprint density at radius 2 is 2.07 bits per heavy atom. The standard InChI is InChI=1S/C8H9BrN6/c1-5-2-11-6(12-3-5)4-15-7(9)13-8(10)14-15/h2-3H,4H2,1H3,(H2,10,14). The molecule has 0 aliphatic heterocycles. The van der Waals surface area contributed by atoms with Gasteiger partial charge < -0.3 is 5.73 Å². The highest BCUT2D eigenvalue weighted by Gasteiger charge is 2.06. The van der Waals surface area contributed by atoms with Crippen LogP contribution in [0, 0.1) is 6.92 Å². The molecule has 15 heavy (non-hydrogen) atoms. The first-order chi connectivity index (χ1) is 7.15. The molecule has 2 aromatic heterocycles. The molecule has 0 saturated carbocycles. The summed E-state index contributed by atoms with van der Waals surface area (Å²) in [4.78, 5) is 12.2. The van der Waals surface area contributed by atoms with Crippen molar-refractivity contribution >= 4 is 21.9 Å². The number of rotatable bonds is 2. The zero-order valence-corrected chi connectivity index (χ0v) is 9.64. The van der Waals surface area contributed by atoms with Crippen molar-refractivity contribution in [2.75, 3.05) is 5.73 Å². The van der Waals surface area contributed by atoms with Crippen LogP contribution in [0.2, 0.25) is 0 Å². The van der Waals surface area contributed by atoms with Crippen molar-refractivity contribution < 1.29 is 0 Å². The Labute approximate surface area is 94.7 Å². The Bertz CT molecular complexity index is 462. The Hall–Kier alpha value is -1.50. The van der Waals surface area contributed by atoms with Crippen molar-refractivity contribution in [1.29, 1.82) is 0 Å². The zero-order chi connectivity index (χ0) is 10.8. The van der Waals surface area contributed by atoms with Gasteiger partial charge in [0.25, 0.3) is 0 Å². The van der Waals surface area contributed by atoms with Crippen LogP contribution in [0.25, 0.3) is 0 Å². The average molecular weight is 269 g/mol. The van der Waals surface area contributed by atoms with Crippen molar-refractivity contribution in [3.8, 4) is 0 Å². The molecule has 0 saturated heterocycles. The van der Waals surface area contributed by atoms with E-state index in [1.807, 2.05) is 6.92 Å². The summed E-state index contributed by atoms with van der Waals surface area (Å²) in [7, 11) is 0. The Morgan fingerprint density at radius 1 is 1.40 bits per heavy atom. The van der Waals surface area contributed by atoms with E-state index in [1.54, 1.807) is 17.1 Å². The smallest absolute Gasteiger partial charge is 0.240 e. The molecular formula is C8H9BrN6. The number of halogens is 1. The van der Waals surface area contributed by atoms with Gasteiger partial charge in [0.2, 0.25) is 5.95 Å². The summed E-state index contributed by atoms with van der Waals surface area (Å²) in [5.74, 6) is 0.903. The van der Waals surface area contributed by atoms with E-state index < -0.39 is 0 Å². The van der Waals surface area contributed by atoms with E-state index in [9.17, 15) is 0 Å². The normalized spacial score (nSPS) is 10.5. The number of nitrogens with two attached hydrogens (primary N) is 1. The predicted octanol–water partition coefficient (Wildman–Crippen LogP) is 0.770. The zero-order valence-electron chi connectivity index (χ0n) is 8.05. The van der Waals surface area contributed by atoms with Crippen LogP contribution in [-0.2, 0) is 6.54 Å². The van der Waals surface area contributed by atoms with Gasteiger partial charge in [-0.05, 0) is 28.4 Å². The molecule has 2 aromatic rings. The minimum Gasteiger partial charge on any atom is -0.366 e. The van der Waals surface area contributed by atoms with Gasteiger partial charge in [-0.15, -0.1) is 5.10 Å². The molecule has 2 heterocycles. The van der Waals surface area contributed by atoms with Gasteiger partial charge in [-0.2, -0.15) is 4.98 Å². The van der Waals surface area contributed by atoms with Crippen molar-refractivity contribution in [2.45, 2.75) is 13.5 Å². The van der Waals surface area contributed by atoms with Crippen molar-refractivity contribution in [3.63, 3.8) is 0 Å². The molecule has 0 radical (unpaired) electrons. The minimum atomic E-state index is 0.231. The van der Waals surface area contributed by atoms with Gasteiger partial charge >= 0.3 is 0 Å². The molecule has 78 valence electrons. The molecule has 0 unspecified atom stereocenters. The lowest BCUT2D eigenvalue weighted by atomic mass is 10.4. The maximum absolute atomic E-state index is 5.44. The third-order valence-electron chi connectivity index (χ3n) is 1.77. The topological polar surface area (TPSA) is 82.5 Å². The first kappa shape index (κ1) is 10.0. The van der Waals surface area contributed by atoms with Crippen molar-refractivity contribution in [2.24, 2.45) is 0 Å². The van der Waals surface area contributed by atoms with E-state index in [0.29, 0.717) is 17.1 Å². The Balaban J connectivity index is 2.21. The molecule has 0 aromatic carbocycles. The molecule has 2 N–H and O–H groups in total. The van der Waals surface area contributed by atoms with Crippen LogP contribution in [0.1, 0.15) is 11.4 Å². The van der Waals surface area contributed by atoms with Crippen LogP contribution >= 0.6 is 15.9 Å². The van der Waals surface area contributed by atoms with Gasteiger partial charge in [-0.3, -0.25) is 0 Å². The van der Waals surface area contributed by atoms with Crippen molar-refractivity contribution in [1.82, 2.24) is 24.7 Å². The quantitative estimate of drug-likeness (QED) is 0.870. The molecule has 0 amide bonds. The summed E-state index contributed by atoms with van der Waals surface area (Å²) in [5, 5.41) is 3.98. The fraction of sp³-hybridized carbons (Fsp3) is 0.250. The van der Waals surface area contributed by atoms with Gasteiger partial charge in [0, 0.05) is 12.4 Å². The molecule has 0 atom stereocenters. The SMILES string of the molecule is Cc1cnc(Cn2nc(N)nc2Br)nc1. The summed E-state index contributed by atoms with van der Waals surface area (Å²) >= 11 is 3.24. The van der Waals surface area contributed by atoms with E-state index in [0.717, 1.165) is 5.56 Å². The number of aryl methyl sites for hydroxylation is 1. The van der Waals surface area contributed by atoms with Crippen LogP contribution in [0.4, 0.5) is 5.95 Å². The second-order valence-electron chi connectivity index (χ2n) is 3.07. The molecule has 0 aliphatic rings. The van der Waals surface area contributed by atoms with Crippen LogP contribution in [0.3, 0.4) is 0 Å². The van der Waals surface area contributed by atoms with Gasteiger partial charge in [-0.25, -0.2) is 14.6 Å². The molecular weight excluding hydrogens is 260 g/mol. The lowest BCUT2D eigenvalue weighted by molar-refractivity contribution is 0.639. The molecule has 0 fully saturated rings. The molecule has 0 bridgehead atoms. The fourth-order valence-corrected chi connectivity index (χ4v) is 1.46. The van der Waals surface area contributed by atoms with E-state index in [1.165, 1.54) is 0 Å². The summed E-state index contributed by atoms with van der Waals surface area (Å²) in [6.07, 6.45) is 3.52. The largest absolute Gasteiger partial charge is 0.366 e. The number of anilines is 1. The maximum atomic E-state index is 5.44. The minimum absolute atomic E-state index is 0.231. The van der Waals surface area contributed by atoms with E-state index in [2.05, 4.69) is 36.0 Å². The Morgan fingerprint density at radius 3 is 2.60 bits per heavy atom. The number of aromatic nitrogens is 5. The van der Waals surface area contributed by atoms with Crippen LogP contribution in [0.15, 0.2) is 17.1 Å². The maximum Gasteiger partial charge on any atom is 0.240 e. The van der Waals surface area contributed by atoms with Gasteiger partial charge in [0.05, 0.1) is 0 Å². The second-order valence-corrected chi connectivity index (χ2v) is 3.78.